The predicted octanol–water partition coefficient (Wildman–Crippen LogP) is 3.23. The highest BCUT2D eigenvalue weighted by atomic mass is 35.5. The van der Waals surface area contributed by atoms with Crippen LogP contribution in [0.4, 0.5) is 0 Å². The minimum Gasteiger partial charge on any atom is -0.354 e. The minimum atomic E-state index is -0.0891. The molecule has 0 aliphatic heterocycles. The van der Waals surface area contributed by atoms with E-state index < -0.39 is 0 Å². The van der Waals surface area contributed by atoms with Gasteiger partial charge in [0.15, 0.2) is 0 Å². The van der Waals surface area contributed by atoms with Crippen molar-refractivity contribution in [3.8, 4) is 0 Å². The Morgan fingerprint density at radius 2 is 1.89 bits per heavy atom. The highest BCUT2D eigenvalue weighted by molar-refractivity contribution is 6.27. The van der Waals surface area contributed by atoms with Crippen LogP contribution in [0.5, 0.6) is 0 Å². The molecule has 1 saturated carbocycles. The first-order valence-corrected chi connectivity index (χ1v) is 7.09. The summed E-state index contributed by atoms with van der Waals surface area (Å²) in [6, 6.07) is 14.9. The van der Waals surface area contributed by atoms with Crippen molar-refractivity contribution in [2.45, 2.75) is 18.3 Å². The predicted molar refractivity (Wildman–Crippen MR) is 78.6 cm³/mol. The highest BCUT2D eigenvalue weighted by Gasteiger charge is 2.44. The lowest BCUT2D eigenvalue weighted by Crippen LogP contribution is -2.32. The SMILES string of the molecule is O=C(CCl)NCC1(c2ccc3ccccc3c2)CC1. The number of carbonyl (C=O) groups excluding carboxylic acids is 1. The summed E-state index contributed by atoms with van der Waals surface area (Å²) in [4.78, 5) is 11.3. The third-order valence-corrected chi connectivity index (χ3v) is 4.20. The van der Waals surface area contributed by atoms with Gasteiger partial charge < -0.3 is 5.32 Å². The zero-order valence-electron chi connectivity index (χ0n) is 10.7. The molecule has 0 bridgehead atoms. The van der Waals surface area contributed by atoms with Gasteiger partial charge in [0.05, 0.1) is 0 Å². The van der Waals surface area contributed by atoms with Crippen LogP contribution in [0.3, 0.4) is 0 Å². The summed E-state index contributed by atoms with van der Waals surface area (Å²) >= 11 is 5.51. The molecule has 2 aromatic rings. The Morgan fingerprint density at radius 1 is 1.16 bits per heavy atom. The van der Waals surface area contributed by atoms with Crippen molar-refractivity contribution in [1.29, 1.82) is 0 Å². The fourth-order valence-electron chi connectivity index (χ4n) is 2.55. The lowest BCUT2D eigenvalue weighted by molar-refractivity contribution is -0.118. The maximum atomic E-state index is 11.3. The van der Waals surface area contributed by atoms with E-state index in [4.69, 9.17) is 11.6 Å². The highest BCUT2D eigenvalue weighted by Crippen LogP contribution is 2.48. The Kier molecular flexibility index (Phi) is 3.19. The summed E-state index contributed by atoms with van der Waals surface area (Å²) in [5.74, 6) is -0.0536. The number of hydrogen-bond donors (Lipinski definition) is 1. The molecule has 0 radical (unpaired) electrons. The Labute approximate surface area is 117 Å². The van der Waals surface area contributed by atoms with Crippen molar-refractivity contribution in [1.82, 2.24) is 5.32 Å². The van der Waals surface area contributed by atoms with E-state index in [-0.39, 0.29) is 17.2 Å². The van der Waals surface area contributed by atoms with Gasteiger partial charge in [-0.25, -0.2) is 0 Å². The van der Waals surface area contributed by atoms with Gasteiger partial charge in [-0.2, -0.15) is 0 Å². The van der Waals surface area contributed by atoms with Crippen molar-refractivity contribution in [2.24, 2.45) is 0 Å². The second-order valence-electron chi connectivity index (χ2n) is 5.25. The van der Waals surface area contributed by atoms with Gasteiger partial charge in [0.2, 0.25) is 5.91 Å². The molecule has 1 aliphatic carbocycles. The molecule has 2 nitrogen and oxygen atoms in total. The Hall–Kier alpha value is -1.54. The number of benzene rings is 2. The van der Waals surface area contributed by atoms with Crippen LogP contribution in [0, 0.1) is 0 Å². The van der Waals surface area contributed by atoms with E-state index in [9.17, 15) is 4.79 Å². The number of carbonyl (C=O) groups is 1. The summed E-state index contributed by atoms with van der Waals surface area (Å²) in [7, 11) is 0. The van der Waals surface area contributed by atoms with Crippen LogP contribution in [0.15, 0.2) is 42.5 Å². The molecule has 0 unspecified atom stereocenters. The lowest BCUT2D eigenvalue weighted by Gasteiger charge is -2.17. The van der Waals surface area contributed by atoms with E-state index in [2.05, 4.69) is 47.8 Å². The van der Waals surface area contributed by atoms with Crippen LogP contribution >= 0.6 is 11.6 Å². The fourth-order valence-corrected chi connectivity index (χ4v) is 2.65. The Morgan fingerprint density at radius 3 is 2.58 bits per heavy atom. The van der Waals surface area contributed by atoms with Crippen LogP contribution in [0.25, 0.3) is 10.8 Å². The third kappa shape index (κ3) is 2.45. The van der Waals surface area contributed by atoms with Crippen LogP contribution in [0.2, 0.25) is 0 Å². The van der Waals surface area contributed by atoms with Gasteiger partial charge in [-0.3, -0.25) is 4.79 Å². The zero-order chi connectivity index (χ0) is 13.3. The van der Waals surface area contributed by atoms with E-state index in [1.54, 1.807) is 0 Å². The zero-order valence-corrected chi connectivity index (χ0v) is 11.4. The van der Waals surface area contributed by atoms with E-state index in [1.165, 1.54) is 16.3 Å². The molecule has 0 spiro atoms. The molecule has 2 aromatic carbocycles. The Bertz CT molecular complexity index is 619. The van der Waals surface area contributed by atoms with Crippen LogP contribution in [-0.2, 0) is 10.2 Å². The van der Waals surface area contributed by atoms with Crippen molar-refractivity contribution in [3.63, 3.8) is 0 Å². The molecule has 19 heavy (non-hydrogen) atoms. The first kappa shape index (κ1) is 12.5. The Balaban J connectivity index is 1.85. The summed E-state index contributed by atoms with van der Waals surface area (Å²) in [6.45, 7) is 0.691. The van der Waals surface area contributed by atoms with Crippen molar-refractivity contribution >= 4 is 28.3 Å². The number of alkyl halides is 1. The van der Waals surface area contributed by atoms with Crippen LogP contribution < -0.4 is 5.32 Å². The molecule has 98 valence electrons. The molecule has 0 saturated heterocycles. The number of halogens is 1. The quantitative estimate of drug-likeness (QED) is 0.852. The minimum absolute atomic E-state index is 0.0355. The fraction of sp³-hybridized carbons (Fsp3) is 0.312. The molecule has 0 heterocycles. The normalized spacial score (nSPS) is 16.3. The standard InChI is InChI=1S/C16H16ClNO/c17-10-15(19)18-11-16(7-8-16)14-6-5-12-3-1-2-4-13(12)9-14/h1-6,9H,7-8,10-11H2,(H,18,19). The van der Waals surface area contributed by atoms with Gasteiger partial charge in [0.25, 0.3) is 0 Å². The largest absolute Gasteiger partial charge is 0.354 e. The van der Waals surface area contributed by atoms with Crippen molar-refractivity contribution < 1.29 is 4.79 Å². The number of amides is 1. The molecule has 0 atom stereocenters. The van der Waals surface area contributed by atoms with Gasteiger partial charge in [-0.1, -0.05) is 42.5 Å². The summed E-state index contributed by atoms with van der Waals surface area (Å²) < 4.78 is 0. The second kappa shape index (κ2) is 4.86. The summed E-state index contributed by atoms with van der Waals surface area (Å²) in [5, 5.41) is 5.43. The molecule has 1 amide bonds. The monoisotopic (exact) mass is 273 g/mol. The molecule has 3 heteroatoms. The average Bonchev–Trinajstić information content (AvgIpc) is 3.25. The molecular formula is C16H16ClNO. The molecule has 0 aromatic heterocycles. The van der Waals surface area contributed by atoms with Crippen molar-refractivity contribution in [2.75, 3.05) is 12.4 Å². The van der Waals surface area contributed by atoms with Gasteiger partial charge in [0, 0.05) is 12.0 Å². The first-order valence-electron chi connectivity index (χ1n) is 6.55. The van der Waals surface area contributed by atoms with Gasteiger partial charge in [-0.15, -0.1) is 11.6 Å². The first-order chi connectivity index (χ1) is 9.23. The number of hydrogen-bond acceptors (Lipinski definition) is 1. The van der Waals surface area contributed by atoms with E-state index in [0.717, 1.165) is 12.8 Å². The van der Waals surface area contributed by atoms with Gasteiger partial charge in [0.1, 0.15) is 5.88 Å². The molecule has 1 aliphatic rings. The van der Waals surface area contributed by atoms with Crippen LogP contribution in [0.1, 0.15) is 18.4 Å². The van der Waals surface area contributed by atoms with Crippen LogP contribution in [-0.4, -0.2) is 18.3 Å². The molecule has 3 rings (SSSR count). The number of fused-ring (bicyclic) bond motifs is 1. The van der Waals surface area contributed by atoms with E-state index in [0.29, 0.717) is 6.54 Å². The summed E-state index contributed by atoms with van der Waals surface area (Å²) in [6.07, 6.45) is 2.27. The van der Waals surface area contributed by atoms with Gasteiger partial charge >= 0.3 is 0 Å². The number of nitrogens with one attached hydrogen (secondary N) is 1. The van der Waals surface area contributed by atoms with E-state index in [1.807, 2.05) is 0 Å². The lowest BCUT2D eigenvalue weighted by atomic mass is 9.93. The summed E-state index contributed by atoms with van der Waals surface area (Å²) in [5.41, 5.74) is 1.45. The maximum Gasteiger partial charge on any atom is 0.234 e. The average molecular weight is 274 g/mol. The maximum absolute atomic E-state index is 11.3. The third-order valence-electron chi connectivity index (χ3n) is 3.96. The number of rotatable bonds is 4. The molecule has 1 fully saturated rings. The molecule has 1 N–H and O–H groups in total. The van der Waals surface area contributed by atoms with E-state index >= 15 is 0 Å². The smallest absolute Gasteiger partial charge is 0.234 e. The molecular weight excluding hydrogens is 258 g/mol. The topological polar surface area (TPSA) is 29.1 Å². The van der Waals surface area contributed by atoms with Crippen molar-refractivity contribution in [3.05, 3.63) is 48.0 Å². The second-order valence-corrected chi connectivity index (χ2v) is 5.52. The van der Waals surface area contributed by atoms with Gasteiger partial charge in [-0.05, 0) is 29.2 Å².